The first-order valence-electron chi connectivity index (χ1n) is 6.79. The Morgan fingerprint density at radius 1 is 1.37 bits per heavy atom. The van der Waals surface area contributed by atoms with Gasteiger partial charge in [-0.1, -0.05) is 22.9 Å². The Kier molecular flexibility index (Phi) is 4.54. The number of aliphatic hydroxyl groups excluding tert-OH is 1. The molecule has 1 heterocycles. The number of nitrogens with zero attached hydrogens (tertiary/aromatic N) is 2. The van der Waals surface area contributed by atoms with Crippen molar-refractivity contribution in [3.05, 3.63) is 28.2 Å². The third-order valence-electron chi connectivity index (χ3n) is 4.02. The highest BCUT2D eigenvalue weighted by molar-refractivity contribution is 9.10. The van der Waals surface area contributed by atoms with E-state index in [0.717, 1.165) is 28.8 Å². The monoisotopic (exact) mass is 326 g/mol. The molecule has 106 valence electrons. The summed E-state index contributed by atoms with van der Waals surface area (Å²) in [5, 5.41) is 9.97. The van der Waals surface area contributed by atoms with Crippen molar-refractivity contribution in [2.24, 2.45) is 5.92 Å². The number of aliphatic hydroxyl groups is 1. The predicted molar refractivity (Wildman–Crippen MR) is 83.6 cm³/mol. The molecule has 0 amide bonds. The molecule has 1 saturated heterocycles. The second kappa shape index (κ2) is 5.81. The van der Waals surface area contributed by atoms with Crippen molar-refractivity contribution in [1.82, 2.24) is 4.90 Å². The maximum atomic E-state index is 9.97. The molecule has 1 aliphatic heterocycles. The quantitative estimate of drug-likeness (QED) is 0.925. The Hall–Kier alpha value is -0.580. The summed E-state index contributed by atoms with van der Waals surface area (Å²) in [5.41, 5.74) is 2.16. The molecule has 3 unspecified atom stereocenters. The molecule has 0 radical (unpaired) electrons. The van der Waals surface area contributed by atoms with Crippen molar-refractivity contribution in [3.63, 3.8) is 0 Å². The zero-order chi connectivity index (χ0) is 14.2. The lowest BCUT2D eigenvalue weighted by Crippen LogP contribution is -2.34. The number of hydrogen-bond acceptors (Lipinski definition) is 3. The molecular weight excluding hydrogens is 304 g/mol. The van der Waals surface area contributed by atoms with E-state index in [0.29, 0.717) is 12.0 Å². The zero-order valence-corrected chi connectivity index (χ0v) is 13.7. The van der Waals surface area contributed by atoms with Crippen LogP contribution in [0.3, 0.4) is 0 Å². The Labute approximate surface area is 124 Å². The summed E-state index contributed by atoms with van der Waals surface area (Å²) in [6, 6.07) is 6.75. The summed E-state index contributed by atoms with van der Waals surface area (Å²) in [6.07, 6.45) is -0.443. The Bertz CT molecular complexity index is 448. The van der Waals surface area contributed by atoms with Crippen LogP contribution in [0.4, 0.5) is 5.69 Å². The van der Waals surface area contributed by atoms with Gasteiger partial charge in [0, 0.05) is 34.9 Å². The van der Waals surface area contributed by atoms with Gasteiger partial charge in [0.05, 0.1) is 6.10 Å². The fourth-order valence-corrected chi connectivity index (χ4v) is 3.35. The molecule has 1 N–H and O–H groups in total. The van der Waals surface area contributed by atoms with Crippen LogP contribution < -0.4 is 4.90 Å². The van der Waals surface area contributed by atoms with Gasteiger partial charge < -0.3 is 14.9 Å². The Balaban J connectivity index is 2.28. The van der Waals surface area contributed by atoms with Crippen LogP contribution in [0.2, 0.25) is 0 Å². The van der Waals surface area contributed by atoms with Crippen molar-refractivity contribution < 1.29 is 5.11 Å². The highest BCUT2D eigenvalue weighted by Crippen LogP contribution is 2.33. The van der Waals surface area contributed by atoms with Gasteiger partial charge in [0.25, 0.3) is 0 Å². The standard InChI is InChI=1S/C15H23BrN2O/c1-10-8-18(9-15(10)17(3)4)14-6-5-12(16)7-13(14)11(2)19/h5-7,10-11,15,19H,8-9H2,1-4H3. The molecule has 0 aliphatic carbocycles. The lowest BCUT2D eigenvalue weighted by Gasteiger charge is -2.25. The van der Waals surface area contributed by atoms with Crippen LogP contribution in [0.25, 0.3) is 0 Å². The fourth-order valence-electron chi connectivity index (χ4n) is 2.97. The van der Waals surface area contributed by atoms with Crippen molar-refractivity contribution in [1.29, 1.82) is 0 Å². The van der Waals surface area contributed by atoms with Gasteiger partial charge in [-0.2, -0.15) is 0 Å². The molecule has 1 fully saturated rings. The van der Waals surface area contributed by atoms with Crippen molar-refractivity contribution in [3.8, 4) is 0 Å². The largest absolute Gasteiger partial charge is 0.389 e. The first kappa shape index (κ1) is 14.8. The zero-order valence-electron chi connectivity index (χ0n) is 12.1. The molecule has 1 aromatic carbocycles. The third-order valence-corrected chi connectivity index (χ3v) is 4.51. The summed E-state index contributed by atoms with van der Waals surface area (Å²) in [5.74, 6) is 0.639. The summed E-state index contributed by atoms with van der Waals surface area (Å²) < 4.78 is 1.02. The molecule has 4 heteroatoms. The van der Waals surface area contributed by atoms with E-state index in [1.807, 2.05) is 13.0 Å². The first-order valence-corrected chi connectivity index (χ1v) is 7.58. The highest BCUT2D eigenvalue weighted by Gasteiger charge is 2.32. The van der Waals surface area contributed by atoms with E-state index < -0.39 is 6.10 Å². The summed E-state index contributed by atoms with van der Waals surface area (Å²) >= 11 is 3.48. The molecule has 1 aromatic rings. The van der Waals surface area contributed by atoms with Crippen molar-refractivity contribution >= 4 is 21.6 Å². The summed E-state index contributed by atoms with van der Waals surface area (Å²) in [4.78, 5) is 4.69. The molecule has 0 bridgehead atoms. The summed E-state index contributed by atoms with van der Waals surface area (Å²) in [7, 11) is 4.28. The van der Waals surface area contributed by atoms with E-state index >= 15 is 0 Å². The van der Waals surface area contributed by atoms with E-state index in [-0.39, 0.29) is 0 Å². The van der Waals surface area contributed by atoms with Gasteiger partial charge >= 0.3 is 0 Å². The SMILES string of the molecule is CC(O)c1cc(Br)ccc1N1CC(C)C(N(C)C)C1. The van der Waals surface area contributed by atoms with Gasteiger partial charge in [0.15, 0.2) is 0 Å². The molecule has 2 rings (SSSR count). The average molecular weight is 327 g/mol. The van der Waals surface area contributed by atoms with Gasteiger partial charge in [-0.05, 0) is 45.1 Å². The topological polar surface area (TPSA) is 26.7 Å². The molecule has 3 atom stereocenters. The molecule has 0 saturated carbocycles. The minimum absolute atomic E-state index is 0.443. The van der Waals surface area contributed by atoms with E-state index in [1.54, 1.807) is 0 Å². The van der Waals surface area contributed by atoms with E-state index in [1.165, 1.54) is 0 Å². The molecule has 19 heavy (non-hydrogen) atoms. The molecular formula is C15H23BrN2O. The smallest absolute Gasteiger partial charge is 0.0782 e. The van der Waals surface area contributed by atoms with Crippen LogP contribution in [-0.2, 0) is 0 Å². The second-order valence-corrected chi connectivity index (χ2v) is 6.71. The highest BCUT2D eigenvalue weighted by atomic mass is 79.9. The first-order chi connectivity index (χ1) is 8.90. The van der Waals surface area contributed by atoms with Gasteiger partial charge in [0.2, 0.25) is 0 Å². The maximum absolute atomic E-state index is 9.97. The van der Waals surface area contributed by atoms with Gasteiger partial charge in [-0.3, -0.25) is 0 Å². The minimum atomic E-state index is -0.443. The lowest BCUT2D eigenvalue weighted by molar-refractivity contribution is 0.199. The van der Waals surface area contributed by atoms with Crippen LogP contribution in [0.15, 0.2) is 22.7 Å². The van der Waals surface area contributed by atoms with Crippen molar-refractivity contribution in [2.75, 3.05) is 32.1 Å². The Morgan fingerprint density at radius 2 is 2.05 bits per heavy atom. The number of anilines is 1. The maximum Gasteiger partial charge on any atom is 0.0782 e. The molecule has 0 aromatic heterocycles. The van der Waals surface area contributed by atoms with Crippen LogP contribution in [0.5, 0.6) is 0 Å². The molecule has 0 spiro atoms. The summed E-state index contributed by atoms with van der Waals surface area (Å²) in [6.45, 7) is 6.19. The average Bonchev–Trinajstić information content (AvgIpc) is 2.71. The number of likely N-dealkylation sites (N-methyl/N-ethyl adjacent to an activating group) is 1. The number of rotatable bonds is 3. The van der Waals surface area contributed by atoms with Crippen LogP contribution in [0.1, 0.15) is 25.5 Å². The Morgan fingerprint density at radius 3 is 2.58 bits per heavy atom. The molecule has 3 nitrogen and oxygen atoms in total. The fraction of sp³-hybridized carbons (Fsp3) is 0.600. The van der Waals surface area contributed by atoms with E-state index in [2.05, 4.69) is 58.9 Å². The number of hydrogen-bond donors (Lipinski definition) is 1. The third kappa shape index (κ3) is 3.12. The number of halogens is 1. The van der Waals surface area contributed by atoms with E-state index in [9.17, 15) is 5.11 Å². The second-order valence-electron chi connectivity index (χ2n) is 5.79. The van der Waals surface area contributed by atoms with Crippen LogP contribution in [-0.4, -0.2) is 43.2 Å². The van der Waals surface area contributed by atoms with E-state index in [4.69, 9.17) is 0 Å². The van der Waals surface area contributed by atoms with Crippen LogP contribution >= 0.6 is 15.9 Å². The van der Waals surface area contributed by atoms with Gasteiger partial charge in [0.1, 0.15) is 0 Å². The number of benzene rings is 1. The minimum Gasteiger partial charge on any atom is -0.389 e. The van der Waals surface area contributed by atoms with Gasteiger partial charge in [-0.15, -0.1) is 0 Å². The lowest BCUT2D eigenvalue weighted by atomic mass is 10.1. The van der Waals surface area contributed by atoms with Gasteiger partial charge in [-0.25, -0.2) is 0 Å². The molecule has 1 aliphatic rings. The predicted octanol–water partition coefficient (Wildman–Crippen LogP) is 2.89. The normalized spacial score (nSPS) is 25.1. The van der Waals surface area contributed by atoms with Crippen LogP contribution in [0, 0.1) is 5.92 Å². The van der Waals surface area contributed by atoms with Crippen molar-refractivity contribution in [2.45, 2.75) is 26.0 Å².